The molecular weight excluding hydrogens is 548 g/mol. The standard InChI is InChI=1S/C30H31ClN4O4S/c31-22-5-3-4-21(18-22)29-33-26(20-8-10-23(11-9-20)35-14-16-40(37,38)17-15-35)27(39-29)24-6-1-2-7-25(24)28(36)34-30(19-32)12-13-30/h3-5,8-11,18,24-25H,1-2,6-7,12-17H2,(H,34,36). The fraction of sp³-hybridized carbons (Fsp3) is 0.433. The summed E-state index contributed by atoms with van der Waals surface area (Å²) in [5.74, 6) is 0.850. The first-order valence-electron chi connectivity index (χ1n) is 13.8. The summed E-state index contributed by atoms with van der Waals surface area (Å²) in [6, 6.07) is 17.5. The molecule has 2 aromatic carbocycles. The van der Waals surface area contributed by atoms with E-state index in [4.69, 9.17) is 21.0 Å². The molecule has 2 aliphatic carbocycles. The van der Waals surface area contributed by atoms with Crippen LogP contribution in [0.2, 0.25) is 5.02 Å². The van der Waals surface area contributed by atoms with Crippen LogP contribution in [0.4, 0.5) is 5.69 Å². The van der Waals surface area contributed by atoms with Gasteiger partial charge in [0.1, 0.15) is 17.0 Å². The van der Waals surface area contributed by atoms with Gasteiger partial charge in [-0.15, -0.1) is 0 Å². The average Bonchev–Trinajstić information content (AvgIpc) is 3.59. The number of anilines is 1. The third-order valence-electron chi connectivity index (χ3n) is 8.34. The Balaban J connectivity index is 1.35. The molecule has 0 radical (unpaired) electrons. The number of nitrogens with one attached hydrogen (secondary N) is 1. The predicted molar refractivity (Wildman–Crippen MR) is 154 cm³/mol. The highest BCUT2D eigenvalue weighted by Gasteiger charge is 2.47. The van der Waals surface area contributed by atoms with Crippen molar-refractivity contribution in [1.29, 1.82) is 5.26 Å². The van der Waals surface area contributed by atoms with E-state index in [9.17, 15) is 18.5 Å². The summed E-state index contributed by atoms with van der Waals surface area (Å²) < 4.78 is 30.2. The van der Waals surface area contributed by atoms with Crippen molar-refractivity contribution >= 4 is 33.0 Å². The van der Waals surface area contributed by atoms with Crippen molar-refractivity contribution in [3.8, 4) is 28.8 Å². The summed E-state index contributed by atoms with van der Waals surface area (Å²) >= 11 is 6.27. The van der Waals surface area contributed by atoms with Gasteiger partial charge in [0.2, 0.25) is 11.8 Å². The normalized spacial score (nSPS) is 23.2. The number of benzene rings is 2. The maximum Gasteiger partial charge on any atom is 0.226 e. The number of rotatable bonds is 6. The summed E-state index contributed by atoms with van der Waals surface area (Å²) in [6.45, 7) is 0.942. The van der Waals surface area contributed by atoms with Gasteiger partial charge < -0.3 is 14.6 Å². The van der Waals surface area contributed by atoms with Gasteiger partial charge in [0, 0.05) is 46.8 Å². The number of carbonyl (C=O) groups is 1. The van der Waals surface area contributed by atoms with Crippen LogP contribution in [0, 0.1) is 17.2 Å². The molecule has 2 atom stereocenters. The molecule has 1 saturated heterocycles. The molecule has 1 aliphatic heterocycles. The van der Waals surface area contributed by atoms with Gasteiger partial charge in [-0.3, -0.25) is 4.79 Å². The van der Waals surface area contributed by atoms with Crippen molar-refractivity contribution < 1.29 is 17.6 Å². The van der Waals surface area contributed by atoms with Crippen LogP contribution < -0.4 is 10.2 Å². The van der Waals surface area contributed by atoms with Crippen LogP contribution in [0.5, 0.6) is 0 Å². The molecule has 40 heavy (non-hydrogen) atoms. The largest absolute Gasteiger partial charge is 0.440 e. The van der Waals surface area contributed by atoms with Gasteiger partial charge in [-0.05, 0) is 56.0 Å². The van der Waals surface area contributed by atoms with Gasteiger partial charge in [0.25, 0.3) is 0 Å². The van der Waals surface area contributed by atoms with Crippen molar-refractivity contribution in [3.05, 3.63) is 59.3 Å². The molecule has 3 fully saturated rings. The number of oxazole rings is 1. The molecule has 1 N–H and O–H groups in total. The van der Waals surface area contributed by atoms with Crippen LogP contribution in [0.3, 0.4) is 0 Å². The fourth-order valence-electron chi connectivity index (χ4n) is 5.81. The molecule has 1 amide bonds. The fourth-order valence-corrected chi connectivity index (χ4v) is 7.20. The highest BCUT2D eigenvalue weighted by molar-refractivity contribution is 7.91. The number of hydrogen-bond donors (Lipinski definition) is 1. The maximum absolute atomic E-state index is 13.4. The number of halogens is 1. The Bertz CT molecular complexity index is 1560. The molecule has 0 bridgehead atoms. The van der Waals surface area contributed by atoms with Crippen molar-refractivity contribution in [2.45, 2.75) is 50.0 Å². The topological polar surface area (TPSA) is 116 Å². The van der Waals surface area contributed by atoms with Crippen molar-refractivity contribution in [1.82, 2.24) is 10.3 Å². The monoisotopic (exact) mass is 578 g/mol. The zero-order valence-electron chi connectivity index (χ0n) is 22.1. The minimum atomic E-state index is -2.97. The minimum absolute atomic E-state index is 0.0918. The Morgan fingerprint density at radius 1 is 1.07 bits per heavy atom. The molecule has 0 spiro atoms. The van der Waals surface area contributed by atoms with Gasteiger partial charge >= 0.3 is 0 Å². The second kappa shape index (κ2) is 10.6. The molecule has 2 saturated carbocycles. The summed E-state index contributed by atoms with van der Waals surface area (Å²) in [4.78, 5) is 20.4. The number of nitrogens with zero attached hydrogens (tertiary/aromatic N) is 3. The lowest BCUT2D eigenvalue weighted by Gasteiger charge is -2.30. The van der Waals surface area contributed by atoms with Crippen LogP contribution >= 0.6 is 11.6 Å². The second-order valence-corrected chi connectivity index (χ2v) is 13.8. The smallest absolute Gasteiger partial charge is 0.226 e. The van der Waals surface area contributed by atoms with Gasteiger partial charge in [-0.2, -0.15) is 5.26 Å². The van der Waals surface area contributed by atoms with Crippen LogP contribution in [0.25, 0.3) is 22.7 Å². The van der Waals surface area contributed by atoms with Crippen LogP contribution in [-0.2, 0) is 14.6 Å². The molecule has 208 valence electrons. The minimum Gasteiger partial charge on any atom is -0.440 e. The Labute approximate surface area is 239 Å². The molecule has 8 nitrogen and oxygen atoms in total. The van der Waals surface area contributed by atoms with Crippen molar-refractivity contribution in [2.24, 2.45) is 5.92 Å². The van der Waals surface area contributed by atoms with Gasteiger partial charge in [-0.1, -0.05) is 42.6 Å². The first kappa shape index (κ1) is 26.9. The number of sulfone groups is 1. The van der Waals surface area contributed by atoms with E-state index in [0.29, 0.717) is 48.3 Å². The summed E-state index contributed by atoms with van der Waals surface area (Å²) in [7, 11) is -2.97. The molecule has 2 unspecified atom stereocenters. The zero-order valence-corrected chi connectivity index (χ0v) is 23.7. The van der Waals surface area contributed by atoms with E-state index in [1.54, 1.807) is 6.07 Å². The van der Waals surface area contributed by atoms with Gasteiger partial charge in [0.15, 0.2) is 9.84 Å². The zero-order chi connectivity index (χ0) is 27.9. The number of nitriles is 1. The number of aromatic nitrogens is 1. The molecule has 2 heterocycles. The van der Waals surface area contributed by atoms with E-state index in [0.717, 1.165) is 42.5 Å². The summed E-state index contributed by atoms with van der Waals surface area (Å²) in [5.41, 5.74) is 2.54. The summed E-state index contributed by atoms with van der Waals surface area (Å²) in [5, 5.41) is 13.1. The van der Waals surface area contributed by atoms with E-state index in [1.165, 1.54) is 0 Å². The maximum atomic E-state index is 13.4. The lowest BCUT2D eigenvalue weighted by atomic mass is 9.76. The van der Waals surface area contributed by atoms with Gasteiger partial charge in [0.05, 0.1) is 17.6 Å². The molecule has 10 heteroatoms. The lowest BCUT2D eigenvalue weighted by molar-refractivity contribution is -0.127. The van der Waals surface area contributed by atoms with E-state index in [2.05, 4.69) is 16.3 Å². The van der Waals surface area contributed by atoms with Gasteiger partial charge in [-0.25, -0.2) is 13.4 Å². The van der Waals surface area contributed by atoms with Crippen LogP contribution in [0.15, 0.2) is 52.9 Å². The van der Waals surface area contributed by atoms with E-state index >= 15 is 0 Å². The number of hydrogen-bond acceptors (Lipinski definition) is 7. The quantitative estimate of drug-likeness (QED) is 0.419. The first-order chi connectivity index (χ1) is 19.3. The number of amides is 1. The SMILES string of the molecule is N#CC1(NC(=O)C2CCCCC2c2oc(-c3cccc(Cl)c3)nc2-c2ccc(N3CCS(=O)(=O)CC3)cc2)CC1. The average molecular weight is 579 g/mol. The van der Waals surface area contributed by atoms with Crippen LogP contribution in [-0.4, -0.2) is 49.4 Å². The number of carbonyl (C=O) groups excluding carboxylic acids is 1. The third kappa shape index (κ3) is 5.48. The lowest BCUT2D eigenvalue weighted by Crippen LogP contribution is -2.42. The highest BCUT2D eigenvalue weighted by atomic mass is 35.5. The second-order valence-electron chi connectivity index (χ2n) is 11.1. The highest BCUT2D eigenvalue weighted by Crippen LogP contribution is 2.45. The van der Waals surface area contributed by atoms with Crippen molar-refractivity contribution in [3.63, 3.8) is 0 Å². The molecule has 3 aliphatic rings. The third-order valence-corrected chi connectivity index (χ3v) is 10.2. The van der Waals surface area contributed by atoms with E-state index < -0.39 is 15.4 Å². The van der Waals surface area contributed by atoms with Crippen molar-refractivity contribution in [2.75, 3.05) is 29.5 Å². The van der Waals surface area contributed by atoms with E-state index in [-0.39, 0.29) is 29.2 Å². The first-order valence-corrected chi connectivity index (χ1v) is 16.0. The Hall–Kier alpha value is -3.35. The van der Waals surface area contributed by atoms with Crippen LogP contribution in [0.1, 0.15) is 50.2 Å². The van der Waals surface area contributed by atoms with E-state index in [1.807, 2.05) is 42.5 Å². The summed E-state index contributed by atoms with van der Waals surface area (Å²) in [6.07, 6.45) is 4.81. The Morgan fingerprint density at radius 2 is 1.80 bits per heavy atom. The molecular formula is C30H31ClN4O4S. The molecule has 3 aromatic rings. The predicted octanol–water partition coefficient (Wildman–Crippen LogP) is 5.34. The molecule has 6 rings (SSSR count). The Kier molecular flexibility index (Phi) is 7.09. The molecule has 1 aromatic heterocycles. The Morgan fingerprint density at radius 3 is 2.48 bits per heavy atom.